The van der Waals surface area contributed by atoms with Crippen molar-refractivity contribution in [1.82, 2.24) is 10.2 Å². The number of carbonyl (C=O) groups excluding carboxylic acids is 2. The maximum absolute atomic E-state index is 13.0. The molecule has 0 spiro atoms. The Hall–Kier alpha value is -1.95. The quantitative estimate of drug-likeness (QED) is 0.756. The number of nitrogens with one attached hydrogen (secondary N) is 1. The summed E-state index contributed by atoms with van der Waals surface area (Å²) in [6.45, 7) is 1.90. The standard InChI is InChI=1S/C20H20ClFN2O2.ClH/c21-17-4-2-1-3-16(17)18-13-23-11-12-24(18)20(26)10-9-19(25)14-5-7-15(22)8-6-14;/h1-8,18,23H,9-13H2;1H. The molecule has 4 nitrogen and oxygen atoms in total. The molecule has 1 saturated heterocycles. The number of Topliss-reactive ketones (excluding diaryl/α,β-unsaturated/α-hetero) is 1. The Balaban J connectivity index is 0.00000261. The average molecular weight is 411 g/mol. The molecule has 0 aromatic heterocycles. The van der Waals surface area contributed by atoms with Gasteiger partial charge in [-0.1, -0.05) is 29.8 Å². The van der Waals surface area contributed by atoms with Gasteiger partial charge in [-0.15, -0.1) is 12.4 Å². The molecule has 1 heterocycles. The lowest BCUT2D eigenvalue weighted by molar-refractivity contribution is -0.134. The van der Waals surface area contributed by atoms with Crippen LogP contribution in [0.2, 0.25) is 5.02 Å². The molecule has 3 rings (SSSR count). The van der Waals surface area contributed by atoms with Gasteiger partial charge in [-0.05, 0) is 35.9 Å². The molecule has 0 bridgehead atoms. The second-order valence-corrected chi connectivity index (χ2v) is 6.67. The monoisotopic (exact) mass is 410 g/mol. The lowest BCUT2D eigenvalue weighted by atomic mass is 10.0. The molecule has 1 atom stereocenters. The molecule has 0 saturated carbocycles. The van der Waals surface area contributed by atoms with Crippen LogP contribution in [0.5, 0.6) is 0 Å². The first-order chi connectivity index (χ1) is 12.6. The smallest absolute Gasteiger partial charge is 0.223 e. The fourth-order valence-electron chi connectivity index (χ4n) is 3.17. The minimum absolute atomic E-state index is 0. The number of halogens is 3. The van der Waals surface area contributed by atoms with Crippen LogP contribution in [0.15, 0.2) is 48.5 Å². The van der Waals surface area contributed by atoms with Gasteiger partial charge in [-0.2, -0.15) is 0 Å². The van der Waals surface area contributed by atoms with E-state index in [1.165, 1.54) is 24.3 Å². The molecule has 1 aliphatic rings. The summed E-state index contributed by atoms with van der Waals surface area (Å²) in [6, 6.07) is 12.7. The third-order valence-corrected chi connectivity index (χ3v) is 4.90. The Morgan fingerprint density at radius 3 is 2.52 bits per heavy atom. The van der Waals surface area contributed by atoms with Crippen LogP contribution >= 0.6 is 24.0 Å². The molecule has 1 N–H and O–H groups in total. The van der Waals surface area contributed by atoms with Crippen molar-refractivity contribution in [2.24, 2.45) is 0 Å². The van der Waals surface area contributed by atoms with Crippen LogP contribution in [0, 0.1) is 5.82 Å². The molecule has 1 amide bonds. The van der Waals surface area contributed by atoms with Gasteiger partial charge in [0.05, 0.1) is 6.04 Å². The highest BCUT2D eigenvalue weighted by atomic mass is 35.5. The third-order valence-electron chi connectivity index (χ3n) is 4.56. The lowest BCUT2D eigenvalue weighted by Crippen LogP contribution is -2.48. The highest BCUT2D eigenvalue weighted by Gasteiger charge is 2.29. The summed E-state index contributed by atoms with van der Waals surface area (Å²) in [7, 11) is 0. The topological polar surface area (TPSA) is 49.4 Å². The molecule has 0 aliphatic carbocycles. The minimum Gasteiger partial charge on any atom is -0.333 e. The van der Waals surface area contributed by atoms with Gasteiger partial charge in [0.2, 0.25) is 5.91 Å². The van der Waals surface area contributed by atoms with Gasteiger partial charge in [0, 0.05) is 43.1 Å². The molecular formula is C20H21Cl2FN2O2. The summed E-state index contributed by atoms with van der Waals surface area (Å²) in [5.41, 5.74) is 1.32. The van der Waals surface area contributed by atoms with Gasteiger partial charge < -0.3 is 10.2 Å². The van der Waals surface area contributed by atoms with E-state index in [1.807, 2.05) is 24.3 Å². The zero-order chi connectivity index (χ0) is 18.5. The maximum atomic E-state index is 13.0. The first kappa shape index (κ1) is 21.4. The number of piperazine rings is 1. The molecule has 1 unspecified atom stereocenters. The Morgan fingerprint density at radius 1 is 1.11 bits per heavy atom. The van der Waals surface area contributed by atoms with E-state index >= 15 is 0 Å². The average Bonchev–Trinajstić information content (AvgIpc) is 2.67. The van der Waals surface area contributed by atoms with Crippen LogP contribution in [0.1, 0.15) is 34.8 Å². The SMILES string of the molecule is Cl.O=C(CCC(=O)N1CCNCC1c1ccccc1Cl)c1ccc(F)cc1. The summed E-state index contributed by atoms with van der Waals surface area (Å²) in [5.74, 6) is -0.629. The molecular weight excluding hydrogens is 390 g/mol. The summed E-state index contributed by atoms with van der Waals surface area (Å²) < 4.78 is 13.0. The van der Waals surface area contributed by atoms with Gasteiger partial charge in [-0.25, -0.2) is 4.39 Å². The van der Waals surface area contributed by atoms with Crippen molar-refractivity contribution < 1.29 is 14.0 Å². The Kier molecular flexibility index (Phi) is 7.78. The molecule has 1 aliphatic heterocycles. The van der Waals surface area contributed by atoms with E-state index in [4.69, 9.17) is 11.6 Å². The Bertz CT molecular complexity index is 799. The zero-order valence-electron chi connectivity index (χ0n) is 14.7. The van der Waals surface area contributed by atoms with Crippen LogP contribution in [0.4, 0.5) is 4.39 Å². The van der Waals surface area contributed by atoms with E-state index in [0.717, 1.165) is 5.56 Å². The highest BCUT2D eigenvalue weighted by molar-refractivity contribution is 6.31. The van der Waals surface area contributed by atoms with E-state index in [9.17, 15) is 14.0 Å². The van der Waals surface area contributed by atoms with Crippen molar-refractivity contribution in [3.63, 3.8) is 0 Å². The third kappa shape index (κ3) is 5.28. The van der Waals surface area contributed by atoms with E-state index < -0.39 is 0 Å². The van der Waals surface area contributed by atoms with E-state index in [2.05, 4.69) is 5.32 Å². The molecule has 7 heteroatoms. The molecule has 1 fully saturated rings. The lowest BCUT2D eigenvalue weighted by Gasteiger charge is -2.37. The largest absolute Gasteiger partial charge is 0.333 e. The number of hydrogen-bond donors (Lipinski definition) is 1. The fraction of sp³-hybridized carbons (Fsp3) is 0.300. The molecule has 0 radical (unpaired) electrons. The number of ketones is 1. The van der Waals surface area contributed by atoms with Crippen molar-refractivity contribution in [3.8, 4) is 0 Å². The summed E-state index contributed by atoms with van der Waals surface area (Å²) in [4.78, 5) is 26.7. The van der Waals surface area contributed by atoms with Crippen LogP contribution in [-0.2, 0) is 4.79 Å². The van der Waals surface area contributed by atoms with Crippen molar-refractivity contribution >= 4 is 35.7 Å². The summed E-state index contributed by atoms with van der Waals surface area (Å²) in [5, 5.41) is 3.91. The van der Waals surface area contributed by atoms with E-state index in [1.54, 1.807) is 4.90 Å². The fourth-order valence-corrected chi connectivity index (χ4v) is 3.43. The first-order valence-electron chi connectivity index (χ1n) is 8.59. The predicted molar refractivity (Wildman–Crippen MR) is 106 cm³/mol. The normalized spacial score (nSPS) is 16.5. The molecule has 2 aromatic carbocycles. The Labute approximate surface area is 169 Å². The van der Waals surface area contributed by atoms with Gasteiger partial charge in [0.25, 0.3) is 0 Å². The number of amides is 1. The van der Waals surface area contributed by atoms with Crippen LogP contribution in [0.3, 0.4) is 0 Å². The van der Waals surface area contributed by atoms with E-state index in [-0.39, 0.29) is 48.8 Å². The number of nitrogens with zero attached hydrogens (tertiary/aromatic N) is 1. The second kappa shape index (κ2) is 9.83. The first-order valence-corrected chi connectivity index (χ1v) is 8.97. The Morgan fingerprint density at radius 2 is 1.81 bits per heavy atom. The highest BCUT2D eigenvalue weighted by Crippen LogP contribution is 2.29. The predicted octanol–water partition coefficient (Wildman–Crippen LogP) is 4.04. The van der Waals surface area contributed by atoms with Gasteiger partial charge in [0.15, 0.2) is 5.78 Å². The van der Waals surface area contributed by atoms with E-state index in [0.29, 0.717) is 30.2 Å². The van der Waals surface area contributed by atoms with Gasteiger partial charge >= 0.3 is 0 Å². The van der Waals surface area contributed by atoms with Crippen molar-refractivity contribution in [2.75, 3.05) is 19.6 Å². The number of benzene rings is 2. The van der Waals surface area contributed by atoms with Crippen molar-refractivity contribution in [2.45, 2.75) is 18.9 Å². The number of hydrogen-bond acceptors (Lipinski definition) is 3. The summed E-state index contributed by atoms with van der Waals surface area (Å²) >= 11 is 6.30. The number of rotatable bonds is 5. The van der Waals surface area contributed by atoms with Crippen molar-refractivity contribution in [3.05, 3.63) is 70.5 Å². The maximum Gasteiger partial charge on any atom is 0.223 e. The second-order valence-electron chi connectivity index (χ2n) is 6.26. The minimum atomic E-state index is -0.388. The van der Waals surface area contributed by atoms with Gasteiger partial charge in [-0.3, -0.25) is 9.59 Å². The zero-order valence-corrected chi connectivity index (χ0v) is 16.2. The van der Waals surface area contributed by atoms with Crippen LogP contribution < -0.4 is 5.32 Å². The van der Waals surface area contributed by atoms with Crippen molar-refractivity contribution in [1.29, 1.82) is 0 Å². The molecule has 2 aromatic rings. The van der Waals surface area contributed by atoms with Crippen LogP contribution in [0.25, 0.3) is 0 Å². The summed E-state index contributed by atoms with van der Waals surface area (Å²) in [6.07, 6.45) is 0.223. The molecule has 144 valence electrons. The molecule has 27 heavy (non-hydrogen) atoms. The van der Waals surface area contributed by atoms with Crippen LogP contribution in [-0.4, -0.2) is 36.2 Å². The van der Waals surface area contributed by atoms with Gasteiger partial charge in [0.1, 0.15) is 5.82 Å². The number of carbonyl (C=O) groups is 2.